The highest BCUT2D eigenvalue weighted by Gasteiger charge is 2.28. The summed E-state index contributed by atoms with van der Waals surface area (Å²) in [6.45, 7) is 1.52. The molecule has 0 spiro atoms. The molecule has 0 aromatic heterocycles. The first-order valence-corrected chi connectivity index (χ1v) is 7.15. The van der Waals surface area contributed by atoms with Crippen molar-refractivity contribution in [3.05, 3.63) is 71.5 Å². The summed E-state index contributed by atoms with van der Waals surface area (Å²) >= 11 is 0. The number of hydrogen-bond donors (Lipinski definition) is 2. The minimum Gasteiger partial charge on any atom is -0.385 e. The molecule has 4 nitrogen and oxygen atoms in total. The normalized spacial score (nSPS) is 14.3. The van der Waals surface area contributed by atoms with Gasteiger partial charge in [-0.2, -0.15) is 5.26 Å². The second-order valence-corrected chi connectivity index (χ2v) is 5.47. The van der Waals surface area contributed by atoms with Gasteiger partial charge in [0.25, 0.3) is 0 Å². The fourth-order valence-electron chi connectivity index (χ4n) is 2.31. The molecular formula is C18H17FN2O2. The van der Waals surface area contributed by atoms with Gasteiger partial charge in [0, 0.05) is 5.56 Å². The molecule has 2 rings (SSSR count). The summed E-state index contributed by atoms with van der Waals surface area (Å²) in [5.74, 6) is -1.09. The molecule has 2 atom stereocenters. The third-order valence-electron chi connectivity index (χ3n) is 3.55. The molecule has 2 aromatic carbocycles. The number of nitriles is 1. The van der Waals surface area contributed by atoms with Crippen LogP contribution in [0.15, 0.2) is 54.6 Å². The van der Waals surface area contributed by atoms with Crippen molar-refractivity contribution in [1.29, 1.82) is 5.26 Å². The zero-order valence-electron chi connectivity index (χ0n) is 12.7. The Morgan fingerprint density at radius 1 is 1.26 bits per heavy atom. The average Bonchev–Trinajstić information content (AvgIpc) is 2.54. The predicted octanol–water partition coefficient (Wildman–Crippen LogP) is 2.80. The van der Waals surface area contributed by atoms with Gasteiger partial charge in [0.15, 0.2) is 0 Å². The van der Waals surface area contributed by atoms with Gasteiger partial charge in [-0.3, -0.25) is 4.79 Å². The van der Waals surface area contributed by atoms with Crippen molar-refractivity contribution in [1.82, 2.24) is 5.32 Å². The number of halogens is 1. The molecule has 0 aliphatic rings. The van der Waals surface area contributed by atoms with Crippen LogP contribution in [0.2, 0.25) is 0 Å². The standard InChI is InChI=1S/C18H17FN2O2/c1-18(23,13-7-3-2-4-8-13)11-17(22)21-16(12-20)14-9-5-6-10-15(14)19/h2-10,16,23H,11H2,1H3,(H,21,22). The molecule has 23 heavy (non-hydrogen) atoms. The van der Waals surface area contributed by atoms with E-state index in [1.54, 1.807) is 30.3 Å². The van der Waals surface area contributed by atoms with Crippen LogP contribution in [-0.2, 0) is 10.4 Å². The first kappa shape index (κ1) is 16.7. The number of hydrogen-bond acceptors (Lipinski definition) is 3. The van der Waals surface area contributed by atoms with Gasteiger partial charge in [-0.25, -0.2) is 4.39 Å². The smallest absolute Gasteiger partial charge is 0.224 e. The molecule has 2 aromatic rings. The van der Waals surface area contributed by atoms with E-state index in [0.29, 0.717) is 5.56 Å². The fourth-order valence-corrected chi connectivity index (χ4v) is 2.31. The largest absolute Gasteiger partial charge is 0.385 e. The lowest BCUT2D eigenvalue weighted by molar-refractivity contribution is -0.126. The van der Waals surface area contributed by atoms with E-state index >= 15 is 0 Å². The summed E-state index contributed by atoms with van der Waals surface area (Å²) in [5.41, 5.74) is -0.683. The highest BCUT2D eigenvalue weighted by Crippen LogP contribution is 2.25. The van der Waals surface area contributed by atoms with Crippen LogP contribution < -0.4 is 5.32 Å². The van der Waals surface area contributed by atoms with Crippen molar-refractivity contribution >= 4 is 5.91 Å². The summed E-state index contributed by atoms with van der Waals surface area (Å²) in [5, 5.41) is 22.1. The van der Waals surface area contributed by atoms with Gasteiger partial charge in [-0.15, -0.1) is 0 Å². The van der Waals surface area contributed by atoms with E-state index in [0.717, 1.165) is 0 Å². The van der Waals surface area contributed by atoms with Crippen LogP contribution in [0, 0.1) is 17.1 Å². The molecule has 0 saturated carbocycles. The molecule has 5 heteroatoms. The Bertz CT molecular complexity index is 723. The second kappa shape index (κ2) is 7.03. The lowest BCUT2D eigenvalue weighted by Gasteiger charge is -2.24. The Balaban J connectivity index is 2.09. The fraction of sp³-hybridized carbons (Fsp3) is 0.222. The molecule has 2 N–H and O–H groups in total. The molecular weight excluding hydrogens is 295 g/mol. The maximum Gasteiger partial charge on any atom is 0.224 e. The molecule has 1 amide bonds. The summed E-state index contributed by atoms with van der Waals surface area (Å²) in [6, 6.07) is 15.3. The van der Waals surface area contributed by atoms with Crippen LogP contribution in [0.1, 0.15) is 30.5 Å². The van der Waals surface area contributed by atoms with Crippen LogP contribution in [0.25, 0.3) is 0 Å². The SMILES string of the molecule is CC(O)(CC(=O)NC(C#N)c1ccccc1F)c1ccccc1. The van der Waals surface area contributed by atoms with Crippen molar-refractivity contribution in [3.63, 3.8) is 0 Å². The predicted molar refractivity (Wildman–Crippen MR) is 83.5 cm³/mol. The van der Waals surface area contributed by atoms with E-state index in [-0.39, 0.29) is 12.0 Å². The monoisotopic (exact) mass is 312 g/mol. The summed E-state index contributed by atoms with van der Waals surface area (Å²) in [7, 11) is 0. The molecule has 0 radical (unpaired) electrons. The molecule has 0 fully saturated rings. The maximum atomic E-state index is 13.7. The molecule has 0 aliphatic carbocycles. The van der Waals surface area contributed by atoms with Crippen LogP contribution >= 0.6 is 0 Å². The summed E-state index contributed by atoms with van der Waals surface area (Å²) < 4.78 is 13.7. The minimum atomic E-state index is -1.37. The van der Waals surface area contributed by atoms with Crippen LogP contribution in [0.4, 0.5) is 4.39 Å². The van der Waals surface area contributed by atoms with Gasteiger partial charge < -0.3 is 10.4 Å². The van der Waals surface area contributed by atoms with Crippen LogP contribution in [0.5, 0.6) is 0 Å². The third-order valence-corrected chi connectivity index (χ3v) is 3.55. The lowest BCUT2D eigenvalue weighted by Crippen LogP contribution is -2.34. The van der Waals surface area contributed by atoms with E-state index in [2.05, 4.69) is 5.32 Å². The van der Waals surface area contributed by atoms with E-state index in [1.165, 1.54) is 25.1 Å². The molecule has 0 bridgehead atoms. The van der Waals surface area contributed by atoms with E-state index in [9.17, 15) is 19.6 Å². The topological polar surface area (TPSA) is 73.1 Å². The second-order valence-electron chi connectivity index (χ2n) is 5.47. The maximum absolute atomic E-state index is 13.7. The van der Waals surface area contributed by atoms with Crippen molar-refractivity contribution in [3.8, 4) is 6.07 Å². The van der Waals surface area contributed by atoms with Gasteiger partial charge in [-0.05, 0) is 18.6 Å². The van der Waals surface area contributed by atoms with E-state index in [4.69, 9.17) is 0 Å². The third kappa shape index (κ3) is 4.15. The minimum absolute atomic E-state index is 0.0997. The van der Waals surface area contributed by atoms with Gasteiger partial charge in [0.2, 0.25) is 5.91 Å². The zero-order chi connectivity index (χ0) is 16.9. The highest BCUT2D eigenvalue weighted by molar-refractivity contribution is 5.78. The number of amides is 1. The van der Waals surface area contributed by atoms with Crippen LogP contribution in [0.3, 0.4) is 0 Å². The van der Waals surface area contributed by atoms with Gasteiger partial charge >= 0.3 is 0 Å². The first-order chi connectivity index (χ1) is 10.9. The lowest BCUT2D eigenvalue weighted by atomic mass is 9.92. The van der Waals surface area contributed by atoms with E-state index < -0.39 is 23.4 Å². The van der Waals surface area contributed by atoms with Gasteiger partial charge in [-0.1, -0.05) is 48.5 Å². The molecule has 118 valence electrons. The molecule has 0 aliphatic heterocycles. The number of nitrogens with one attached hydrogen (secondary N) is 1. The van der Waals surface area contributed by atoms with E-state index in [1.807, 2.05) is 12.1 Å². The Labute approximate surface area is 134 Å². The van der Waals surface area contributed by atoms with Crippen molar-refractivity contribution in [2.75, 3.05) is 0 Å². The van der Waals surface area contributed by atoms with Gasteiger partial charge in [0.1, 0.15) is 11.9 Å². The summed E-state index contributed by atoms with van der Waals surface area (Å²) in [6.07, 6.45) is -0.232. The summed E-state index contributed by atoms with van der Waals surface area (Å²) in [4.78, 5) is 12.1. The van der Waals surface area contributed by atoms with Crippen LogP contribution in [-0.4, -0.2) is 11.0 Å². The number of carbonyl (C=O) groups excluding carboxylic acids is 1. The number of benzene rings is 2. The Morgan fingerprint density at radius 3 is 2.48 bits per heavy atom. The molecule has 0 heterocycles. The zero-order valence-corrected chi connectivity index (χ0v) is 12.7. The quantitative estimate of drug-likeness (QED) is 0.891. The molecule has 2 unspecified atom stereocenters. The Kier molecular flexibility index (Phi) is 5.09. The number of carbonyl (C=O) groups is 1. The number of nitrogens with zero attached hydrogens (tertiary/aromatic N) is 1. The Hall–Kier alpha value is -2.71. The highest BCUT2D eigenvalue weighted by atomic mass is 19.1. The number of aliphatic hydroxyl groups is 1. The van der Waals surface area contributed by atoms with Crippen molar-refractivity contribution < 1.29 is 14.3 Å². The Morgan fingerprint density at radius 2 is 1.87 bits per heavy atom. The number of rotatable bonds is 5. The first-order valence-electron chi connectivity index (χ1n) is 7.15. The van der Waals surface area contributed by atoms with Gasteiger partial charge in [0.05, 0.1) is 18.1 Å². The average molecular weight is 312 g/mol. The molecule has 0 saturated heterocycles. The van der Waals surface area contributed by atoms with Crippen molar-refractivity contribution in [2.24, 2.45) is 0 Å². The van der Waals surface area contributed by atoms with Crippen molar-refractivity contribution in [2.45, 2.75) is 25.0 Å².